The number of aldehydes is 1. The molecule has 2 nitrogen and oxygen atoms in total. The summed E-state index contributed by atoms with van der Waals surface area (Å²) in [5.41, 5.74) is -1.38. The topological polar surface area (TPSA) is 26.3 Å². The number of hydrogen-bond donors (Lipinski definition) is 0. The van der Waals surface area contributed by atoms with Crippen molar-refractivity contribution in [3.8, 4) is 5.75 Å². The van der Waals surface area contributed by atoms with E-state index in [1.54, 1.807) is 0 Å². The fraction of sp³-hybridized carbons (Fsp3) is 0.350. The molecule has 8 heteroatoms. The van der Waals surface area contributed by atoms with Crippen molar-refractivity contribution < 1.29 is 35.9 Å². The number of carbonyl (C=O) groups excluding carboxylic acids is 1. The van der Waals surface area contributed by atoms with Crippen LogP contribution in [0.2, 0.25) is 0 Å². The molecule has 0 unspecified atom stereocenters. The predicted octanol–water partition coefficient (Wildman–Crippen LogP) is 5.84. The van der Waals surface area contributed by atoms with Gasteiger partial charge in [-0.15, -0.1) is 0 Å². The first-order valence-electron chi connectivity index (χ1n) is 8.68. The van der Waals surface area contributed by atoms with Crippen LogP contribution in [0.15, 0.2) is 30.3 Å². The summed E-state index contributed by atoms with van der Waals surface area (Å²) in [6.45, 7) is 0. The summed E-state index contributed by atoms with van der Waals surface area (Å²) in [7, 11) is 0. The Morgan fingerprint density at radius 3 is 2.00 bits per heavy atom. The third-order valence-corrected chi connectivity index (χ3v) is 4.93. The van der Waals surface area contributed by atoms with E-state index in [0.29, 0.717) is 37.8 Å². The van der Waals surface area contributed by atoms with Crippen LogP contribution in [0.4, 0.5) is 26.3 Å². The van der Waals surface area contributed by atoms with Crippen LogP contribution in [0.1, 0.15) is 42.7 Å². The van der Waals surface area contributed by atoms with E-state index in [9.17, 15) is 31.1 Å². The molecule has 0 heterocycles. The summed E-state index contributed by atoms with van der Waals surface area (Å²) in [6, 6.07) is 3.30. The van der Waals surface area contributed by atoms with Gasteiger partial charge in [0.25, 0.3) is 0 Å². The van der Waals surface area contributed by atoms with Crippen molar-refractivity contribution in [2.75, 3.05) is 0 Å². The Labute approximate surface area is 157 Å². The lowest BCUT2D eigenvalue weighted by atomic mass is 9.79. The van der Waals surface area contributed by atoms with Gasteiger partial charge < -0.3 is 9.53 Å². The molecule has 150 valence electrons. The normalized spacial score (nSPS) is 20.1. The van der Waals surface area contributed by atoms with Crippen LogP contribution in [-0.2, 0) is 10.9 Å². The van der Waals surface area contributed by atoms with Crippen LogP contribution in [0.3, 0.4) is 0 Å². The molecule has 2 aromatic rings. The molecule has 1 saturated carbocycles. The number of rotatable bonds is 5. The van der Waals surface area contributed by atoms with Crippen molar-refractivity contribution in [1.82, 2.24) is 0 Å². The number of alkyl halides is 2. The van der Waals surface area contributed by atoms with E-state index in [1.807, 2.05) is 0 Å². The number of halogens is 6. The molecule has 0 radical (unpaired) electrons. The first-order valence-corrected chi connectivity index (χ1v) is 8.68. The van der Waals surface area contributed by atoms with E-state index in [-0.39, 0.29) is 17.4 Å². The Bertz CT molecular complexity index is 852. The summed E-state index contributed by atoms with van der Waals surface area (Å²) < 4.78 is 87.6. The van der Waals surface area contributed by atoms with Gasteiger partial charge in [0, 0.05) is 12.0 Å². The smallest absolute Gasteiger partial charge is 0.429 e. The molecule has 0 saturated heterocycles. The zero-order chi connectivity index (χ0) is 20.5. The summed E-state index contributed by atoms with van der Waals surface area (Å²) in [4.78, 5) is 10.8. The van der Waals surface area contributed by atoms with Crippen molar-refractivity contribution in [2.45, 2.75) is 37.7 Å². The minimum absolute atomic E-state index is 0.0981. The first-order chi connectivity index (χ1) is 13.2. The van der Waals surface area contributed by atoms with E-state index in [0.717, 1.165) is 24.5 Å². The van der Waals surface area contributed by atoms with Gasteiger partial charge in [-0.3, -0.25) is 0 Å². The minimum Gasteiger partial charge on any atom is -0.429 e. The van der Waals surface area contributed by atoms with Gasteiger partial charge in [0.15, 0.2) is 11.6 Å². The molecule has 0 aromatic heterocycles. The monoisotopic (exact) mass is 402 g/mol. The number of ether oxygens (including phenoxy) is 1. The number of hydrogen-bond acceptors (Lipinski definition) is 2. The van der Waals surface area contributed by atoms with Gasteiger partial charge in [-0.25, -0.2) is 17.6 Å². The molecule has 3 rings (SSSR count). The van der Waals surface area contributed by atoms with Crippen molar-refractivity contribution in [3.63, 3.8) is 0 Å². The van der Waals surface area contributed by atoms with Crippen LogP contribution in [0.5, 0.6) is 5.75 Å². The molecule has 0 amide bonds. The lowest BCUT2D eigenvalue weighted by Gasteiger charge is -2.26. The molecule has 0 bridgehead atoms. The van der Waals surface area contributed by atoms with E-state index >= 15 is 0 Å². The number of benzene rings is 2. The third-order valence-electron chi connectivity index (χ3n) is 4.93. The highest BCUT2D eigenvalue weighted by Crippen LogP contribution is 2.40. The molecular formula is C20H16F6O2. The maximum absolute atomic E-state index is 14.4. The molecule has 0 spiro atoms. The number of carbonyl (C=O) groups is 1. The minimum atomic E-state index is -4.44. The Balaban J connectivity index is 1.85. The van der Waals surface area contributed by atoms with Crippen LogP contribution < -0.4 is 4.74 Å². The second-order valence-electron chi connectivity index (χ2n) is 6.80. The highest BCUT2D eigenvalue weighted by molar-refractivity contribution is 5.53. The Morgan fingerprint density at radius 2 is 1.46 bits per heavy atom. The second-order valence-corrected chi connectivity index (χ2v) is 6.80. The van der Waals surface area contributed by atoms with Crippen LogP contribution in [0.25, 0.3) is 0 Å². The second kappa shape index (κ2) is 7.85. The molecule has 1 aliphatic carbocycles. The van der Waals surface area contributed by atoms with Gasteiger partial charge in [0.2, 0.25) is 0 Å². The largest absolute Gasteiger partial charge is 0.432 e. The lowest BCUT2D eigenvalue weighted by molar-refractivity contribution is -0.189. The van der Waals surface area contributed by atoms with Crippen LogP contribution >= 0.6 is 0 Å². The van der Waals surface area contributed by atoms with Gasteiger partial charge in [0.1, 0.15) is 29.2 Å². The fourth-order valence-electron chi connectivity index (χ4n) is 3.43. The average molecular weight is 402 g/mol. The molecule has 1 aliphatic rings. The maximum atomic E-state index is 14.4. The van der Waals surface area contributed by atoms with E-state index in [4.69, 9.17) is 0 Å². The van der Waals surface area contributed by atoms with E-state index < -0.39 is 40.7 Å². The zero-order valence-electron chi connectivity index (χ0n) is 14.5. The average Bonchev–Trinajstić information content (AvgIpc) is 2.63. The third kappa shape index (κ3) is 4.15. The van der Waals surface area contributed by atoms with Crippen molar-refractivity contribution >= 4 is 6.29 Å². The standard InChI is InChI=1S/C20H16F6O2/c21-15-6-5-14(9-16(15)22)28-20(25,26)19-17(23)7-13(8-18(19)24)12-3-1-11(10-27)2-4-12/h5-12H,1-4H2. The molecule has 2 aromatic carbocycles. The van der Waals surface area contributed by atoms with Gasteiger partial charge in [-0.05, 0) is 61.4 Å². The van der Waals surface area contributed by atoms with E-state index in [1.165, 1.54) is 0 Å². The summed E-state index contributed by atoms with van der Waals surface area (Å²) in [5.74, 6) is -6.83. The molecule has 0 N–H and O–H groups in total. The van der Waals surface area contributed by atoms with Gasteiger partial charge in [0.05, 0.1) is 0 Å². The quantitative estimate of drug-likeness (QED) is 0.464. The summed E-state index contributed by atoms with van der Waals surface area (Å²) >= 11 is 0. The molecular weight excluding hydrogens is 386 g/mol. The maximum Gasteiger partial charge on any atom is 0.432 e. The van der Waals surface area contributed by atoms with Crippen LogP contribution in [-0.4, -0.2) is 6.29 Å². The molecule has 0 atom stereocenters. The van der Waals surface area contributed by atoms with Crippen LogP contribution in [0, 0.1) is 29.2 Å². The highest BCUT2D eigenvalue weighted by Gasteiger charge is 2.41. The molecule has 28 heavy (non-hydrogen) atoms. The Kier molecular flexibility index (Phi) is 5.67. The Hall–Kier alpha value is -2.51. The highest BCUT2D eigenvalue weighted by atomic mass is 19.3. The summed E-state index contributed by atoms with van der Waals surface area (Å²) in [6.07, 6.45) is -1.43. The Morgan fingerprint density at radius 1 is 0.857 bits per heavy atom. The lowest BCUT2D eigenvalue weighted by Crippen LogP contribution is -2.26. The van der Waals surface area contributed by atoms with Gasteiger partial charge in [-0.1, -0.05) is 0 Å². The van der Waals surface area contributed by atoms with E-state index in [2.05, 4.69) is 4.74 Å². The predicted molar refractivity (Wildman–Crippen MR) is 88.0 cm³/mol. The fourth-order valence-corrected chi connectivity index (χ4v) is 3.43. The molecule has 1 fully saturated rings. The summed E-state index contributed by atoms with van der Waals surface area (Å²) in [5, 5.41) is 0. The van der Waals surface area contributed by atoms with Crippen molar-refractivity contribution in [2.24, 2.45) is 5.92 Å². The SMILES string of the molecule is O=CC1CCC(c2cc(F)c(C(F)(F)Oc3ccc(F)c(F)c3)c(F)c2)CC1. The first kappa shape index (κ1) is 20.2. The van der Waals surface area contributed by atoms with Crippen molar-refractivity contribution in [3.05, 3.63) is 64.7 Å². The van der Waals surface area contributed by atoms with Gasteiger partial charge in [-0.2, -0.15) is 8.78 Å². The zero-order valence-corrected chi connectivity index (χ0v) is 14.5. The molecule has 0 aliphatic heterocycles. The van der Waals surface area contributed by atoms with Gasteiger partial charge >= 0.3 is 6.11 Å². The van der Waals surface area contributed by atoms with Crippen molar-refractivity contribution in [1.29, 1.82) is 0 Å².